The third-order valence-corrected chi connectivity index (χ3v) is 6.17. The van der Waals surface area contributed by atoms with Gasteiger partial charge in [0.05, 0.1) is 8.66 Å². The van der Waals surface area contributed by atoms with Crippen molar-refractivity contribution in [1.29, 1.82) is 0 Å². The Hall–Kier alpha value is -0.920. The van der Waals surface area contributed by atoms with Gasteiger partial charge in [-0.15, -0.1) is 11.3 Å². The van der Waals surface area contributed by atoms with Crippen LogP contribution in [-0.4, -0.2) is 29.8 Å². The number of fused-ring (bicyclic) bond motifs is 3. The predicted octanol–water partition coefficient (Wildman–Crippen LogP) is 1.41. The van der Waals surface area contributed by atoms with Crippen molar-refractivity contribution in [3.63, 3.8) is 0 Å². The van der Waals surface area contributed by atoms with Crippen LogP contribution >= 0.6 is 27.3 Å². The summed E-state index contributed by atoms with van der Waals surface area (Å²) in [5.74, 6) is -0.388. The maximum Gasteiger partial charge on any atom is 0.259 e. The van der Waals surface area contributed by atoms with Gasteiger partial charge in [-0.3, -0.25) is 14.5 Å². The van der Waals surface area contributed by atoms with E-state index in [9.17, 15) is 9.59 Å². The Bertz CT molecular complexity index is 580. The first-order chi connectivity index (χ1) is 9.45. The molecule has 3 fully saturated rings. The van der Waals surface area contributed by atoms with Gasteiger partial charge < -0.3 is 11.5 Å². The molecule has 4 N–H and O–H groups in total. The molecule has 1 atom stereocenters. The van der Waals surface area contributed by atoms with E-state index in [-0.39, 0.29) is 5.91 Å². The van der Waals surface area contributed by atoms with Crippen molar-refractivity contribution in [2.45, 2.75) is 24.8 Å². The molecule has 1 aromatic rings. The minimum atomic E-state index is -0.867. The topological polar surface area (TPSA) is 89.4 Å². The summed E-state index contributed by atoms with van der Waals surface area (Å²) in [4.78, 5) is 26.5. The number of carbonyl (C=O) groups is 2. The molecule has 4 rings (SSSR count). The molecule has 5 nitrogen and oxygen atoms in total. The number of carbonyl (C=O) groups excluding carboxylic acids is 2. The van der Waals surface area contributed by atoms with Gasteiger partial charge in [-0.1, -0.05) is 0 Å². The summed E-state index contributed by atoms with van der Waals surface area (Å²) in [5.41, 5.74) is 11.0. The number of nitrogens with zero attached hydrogens (tertiary/aromatic N) is 1. The Kier molecular flexibility index (Phi) is 3.38. The first-order valence-electron chi connectivity index (χ1n) is 6.59. The molecule has 0 aromatic carbocycles. The zero-order chi connectivity index (χ0) is 14.5. The average Bonchev–Trinajstić information content (AvgIpc) is 2.82. The molecule has 0 saturated carbocycles. The summed E-state index contributed by atoms with van der Waals surface area (Å²) in [5, 5.41) is 0. The normalized spacial score (nSPS) is 32.2. The van der Waals surface area contributed by atoms with E-state index in [0.29, 0.717) is 22.8 Å². The zero-order valence-corrected chi connectivity index (χ0v) is 13.3. The lowest BCUT2D eigenvalue weighted by atomic mass is 9.70. The van der Waals surface area contributed by atoms with Gasteiger partial charge >= 0.3 is 0 Å². The smallest absolute Gasteiger partial charge is 0.259 e. The van der Waals surface area contributed by atoms with Gasteiger partial charge in [0.1, 0.15) is 5.54 Å². The lowest BCUT2D eigenvalue weighted by Gasteiger charge is -2.52. The minimum Gasteiger partial charge on any atom is -0.368 e. The van der Waals surface area contributed by atoms with Crippen LogP contribution in [-0.2, 0) is 10.3 Å². The molecule has 3 aliphatic rings. The van der Waals surface area contributed by atoms with Gasteiger partial charge in [0, 0.05) is 5.56 Å². The standard InChI is InChI=1S/C13H16BrN3O2S/c14-9-5-8(10(20-9)11(15)18)13(12(16)19)6-7-1-3-17(13)4-2-7/h5,7H,1-4,6H2,(H2,15,18)(H2,16,19). The van der Waals surface area contributed by atoms with Crippen LogP contribution in [0.1, 0.15) is 34.5 Å². The number of hydrogen-bond donors (Lipinski definition) is 2. The quantitative estimate of drug-likeness (QED) is 0.856. The highest BCUT2D eigenvalue weighted by atomic mass is 79.9. The lowest BCUT2D eigenvalue weighted by molar-refractivity contribution is -0.140. The molecule has 0 aliphatic carbocycles. The number of primary amides is 2. The molecule has 2 amide bonds. The van der Waals surface area contributed by atoms with Crippen molar-refractivity contribution < 1.29 is 9.59 Å². The van der Waals surface area contributed by atoms with E-state index >= 15 is 0 Å². The maximum absolute atomic E-state index is 12.3. The van der Waals surface area contributed by atoms with Gasteiger partial charge in [0.2, 0.25) is 5.91 Å². The minimum absolute atomic E-state index is 0.380. The summed E-state index contributed by atoms with van der Waals surface area (Å²) in [7, 11) is 0. The summed E-state index contributed by atoms with van der Waals surface area (Å²) in [6, 6.07) is 1.83. The molecule has 0 spiro atoms. The molecule has 108 valence electrons. The second-order valence-corrected chi connectivity index (χ2v) is 7.95. The Labute approximate surface area is 129 Å². The number of amides is 2. The van der Waals surface area contributed by atoms with Crippen LogP contribution in [0.2, 0.25) is 0 Å². The monoisotopic (exact) mass is 357 g/mol. The fourth-order valence-corrected chi connectivity index (χ4v) is 5.11. The Morgan fingerprint density at radius 2 is 2.00 bits per heavy atom. The molecule has 20 heavy (non-hydrogen) atoms. The maximum atomic E-state index is 12.3. The van der Waals surface area contributed by atoms with Crippen LogP contribution in [0.5, 0.6) is 0 Å². The van der Waals surface area contributed by atoms with E-state index < -0.39 is 11.4 Å². The van der Waals surface area contributed by atoms with Gasteiger partial charge in [0.15, 0.2) is 0 Å². The summed E-state index contributed by atoms with van der Waals surface area (Å²) < 4.78 is 0.796. The molecule has 4 heterocycles. The zero-order valence-electron chi connectivity index (χ0n) is 10.9. The van der Waals surface area contributed by atoms with Crippen LogP contribution < -0.4 is 11.5 Å². The van der Waals surface area contributed by atoms with E-state index in [1.807, 2.05) is 6.07 Å². The van der Waals surface area contributed by atoms with Crippen LogP contribution in [0.4, 0.5) is 0 Å². The van der Waals surface area contributed by atoms with Crippen molar-refractivity contribution in [3.05, 3.63) is 20.3 Å². The first-order valence-corrected chi connectivity index (χ1v) is 8.20. The highest BCUT2D eigenvalue weighted by molar-refractivity contribution is 9.11. The number of thiophene rings is 1. The molecule has 3 aliphatic heterocycles. The van der Waals surface area contributed by atoms with Crippen LogP contribution in [0.3, 0.4) is 0 Å². The average molecular weight is 358 g/mol. The van der Waals surface area contributed by atoms with Crippen molar-refractivity contribution >= 4 is 39.1 Å². The molecular weight excluding hydrogens is 342 g/mol. The van der Waals surface area contributed by atoms with E-state index in [2.05, 4.69) is 20.8 Å². The Balaban J connectivity index is 2.17. The Morgan fingerprint density at radius 3 is 2.45 bits per heavy atom. The van der Waals surface area contributed by atoms with Crippen LogP contribution in [0.25, 0.3) is 0 Å². The van der Waals surface area contributed by atoms with Crippen LogP contribution in [0, 0.1) is 5.92 Å². The third kappa shape index (κ3) is 1.91. The van der Waals surface area contributed by atoms with E-state index in [4.69, 9.17) is 11.5 Å². The number of halogens is 1. The summed E-state index contributed by atoms with van der Waals surface area (Å²) in [6.07, 6.45) is 2.87. The molecule has 1 aromatic heterocycles. The van der Waals surface area contributed by atoms with Crippen molar-refractivity contribution in [1.82, 2.24) is 4.90 Å². The molecule has 3 saturated heterocycles. The highest BCUT2D eigenvalue weighted by Gasteiger charge is 2.53. The van der Waals surface area contributed by atoms with Crippen LogP contribution in [0.15, 0.2) is 9.85 Å². The van der Waals surface area contributed by atoms with Crippen molar-refractivity contribution in [3.8, 4) is 0 Å². The first kappa shape index (κ1) is 14.0. The molecule has 2 bridgehead atoms. The predicted molar refractivity (Wildman–Crippen MR) is 80.3 cm³/mol. The van der Waals surface area contributed by atoms with E-state index in [1.165, 1.54) is 11.3 Å². The van der Waals surface area contributed by atoms with E-state index in [1.54, 1.807) is 0 Å². The molecule has 0 radical (unpaired) electrons. The SMILES string of the molecule is NC(=O)c1sc(Br)cc1C1(C(N)=O)CC2CCN1CC2. The second kappa shape index (κ2) is 4.82. The summed E-state index contributed by atoms with van der Waals surface area (Å²) >= 11 is 4.65. The number of nitrogens with two attached hydrogens (primary N) is 2. The van der Waals surface area contributed by atoms with Gasteiger partial charge in [-0.2, -0.15) is 0 Å². The third-order valence-electron chi connectivity index (χ3n) is 4.52. The molecule has 7 heteroatoms. The number of hydrogen-bond acceptors (Lipinski definition) is 4. The lowest BCUT2D eigenvalue weighted by Crippen LogP contribution is -2.62. The number of rotatable bonds is 3. The number of piperidine rings is 3. The van der Waals surface area contributed by atoms with Gasteiger partial charge in [-0.25, -0.2) is 0 Å². The highest BCUT2D eigenvalue weighted by Crippen LogP contribution is 2.48. The summed E-state index contributed by atoms with van der Waals surface area (Å²) in [6.45, 7) is 1.69. The fourth-order valence-electron chi connectivity index (χ4n) is 3.59. The largest absolute Gasteiger partial charge is 0.368 e. The fraction of sp³-hybridized carbons (Fsp3) is 0.538. The van der Waals surface area contributed by atoms with Gasteiger partial charge in [-0.05, 0) is 60.3 Å². The Morgan fingerprint density at radius 1 is 1.35 bits per heavy atom. The van der Waals surface area contributed by atoms with E-state index in [0.717, 1.165) is 29.7 Å². The van der Waals surface area contributed by atoms with Gasteiger partial charge in [0.25, 0.3) is 5.91 Å². The van der Waals surface area contributed by atoms with Crippen molar-refractivity contribution in [2.75, 3.05) is 13.1 Å². The van der Waals surface area contributed by atoms with Crippen molar-refractivity contribution in [2.24, 2.45) is 17.4 Å². The molecular formula is C13H16BrN3O2S. The second-order valence-electron chi connectivity index (χ2n) is 5.52. The molecule has 1 unspecified atom stereocenters.